The number of imidazole rings is 1. The molecule has 1 aromatic carbocycles. The minimum absolute atomic E-state index is 0.0834. The van der Waals surface area contributed by atoms with Crippen LogP contribution in [0, 0.1) is 0 Å². The molecule has 0 spiro atoms. The Labute approximate surface area is 167 Å². The zero-order valence-electron chi connectivity index (χ0n) is 16.4. The summed E-state index contributed by atoms with van der Waals surface area (Å²) in [6, 6.07) is 8.54. The number of benzene rings is 1. The molecular weight excluding hydrogens is 376 g/mol. The largest absolute Gasteiger partial charge is 0.507 e. The summed E-state index contributed by atoms with van der Waals surface area (Å²) >= 11 is 0. The van der Waals surface area contributed by atoms with E-state index in [1.54, 1.807) is 42.5 Å². The number of aryl methyl sites for hydroxylation is 1. The van der Waals surface area contributed by atoms with E-state index in [0.29, 0.717) is 23.5 Å². The fourth-order valence-corrected chi connectivity index (χ4v) is 3.69. The van der Waals surface area contributed by atoms with Gasteiger partial charge in [0.2, 0.25) is 5.92 Å². The highest BCUT2D eigenvalue weighted by atomic mass is 19.3. The number of anilines is 1. The molecule has 6 nitrogen and oxygen atoms in total. The molecular formula is C21H23F2N5O. The van der Waals surface area contributed by atoms with Crippen molar-refractivity contribution in [1.82, 2.24) is 19.7 Å². The maximum Gasteiger partial charge on any atom is 0.250 e. The van der Waals surface area contributed by atoms with Gasteiger partial charge >= 0.3 is 0 Å². The van der Waals surface area contributed by atoms with Crippen LogP contribution in [0.15, 0.2) is 42.9 Å². The number of rotatable bonds is 5. The van der Waals surface area contributed by atoms with Gasteiger partial charge in [-0.05, 0) is 37.1 Å². The number of nitrogens with zero attached hydrogens (tertiary/aromatic N) is 5. The molecule has 1 aliphatic carbocycles. The number of hydrogen-bond donors (Lipinski definition) is 1. The van der Waals surface area contributed by atoms with Crippen molar-refractivity contribution in [2.45, 2.75) is 44.6 Å². The van der Waals surface area contributed by atoms with Gasteiger partial charge in [-0.2, -0.15) is 0 Å². The molecule has 1 aliphatic rings. The second-order valence-electron chi connectivity index (χ2n) is 7.47. The summed E-state index contributed by atoms with van der Waals surface area (Å²) in [6.45, 7) is 2.03. The molecule has 1 fully saturated rings. The van der Waals surface area contributed by atoms with Crippen LogP contribution in [-0.4, -0.2) is 43.9 Å². The highest BCUT2D eigenvalue weighted by molar-refractivity contribution is 5.69. The third kappa shape index (κ3) is 3.92. The second-order valence-corrected chi connectivity index (χ2v) is 7.47. The molecule has 2 aromatic heterocycles. The van der Waals surface area contributed by atoms with Crippen molar-refractivity contribution >= 4 is 5.82 Å². The molecule has 1 atom stereocenters. The van der Waals surface area contributed by atoms with Gasteiger partial charge in [-0.1, -0.05) is 6.92 Å². The minimum Gasteiger partial charge on any atom is -0.507 e. The predicted octanol–water partition coefficient (Wildman–Crippen LogP) is 4.22. The van der Waals surface area contributed by atoms with Crippen molar-refractivity contribution in [2.24, 2.45) is 0 Å². The van der Waals surface area contributed by atoms with Gasteiger partial charge in [-0.25, -0.2) is 13.8 Å². The van der Waals surface area contributed by atoms with Gasteiger partial charge in [0, 0.05) is 43.8 Å². The number of hydrogen-bond acceptors (Lipinski definition) is 5. The van der Waals surface area contributed by atoms with Crippen molar-refractivity contribution in [3.8, 4) is 22.7 Å². The lowest BCUT2D eigenvalue weighted by molar-refractivity contribution is 0.00786. The first-order valence-corrected chi connectivity index (χ1v) is 9.67. The van der Waals surface area contributed by atoms with E-state index in [0.717, 1.165) is 17.8 Å². The van der Waals surface area contributed by atoms with E-state index < -0.39 is 5.92 Å². The van der Waals surface area contributed by atoms with Crippen molar-refractivity contribution in [1.29, 1.82) is 0 Å². The molecule has 0 unspecified atom stereocenters. The normalized spacial score (nSPS) is 18.1. The van der Waals surface area contributed by atoms with E-state index in [-0.39, 0.29) is 24.6 Å². The molecule has 2 heterocycles. The molecule has 8 heteroatoms. The summed E-state index contributed by atoms with van der Waals surface area (Å²) in [5, 5.41) is 18.9. The molecule has 29 heavy (non-hydrogen) atoms. The van der Waals surface area contributed by atoms with Crippen LogP contribution >= 0.6 is 0 Å². The van der Waals surface area contributed by atoms with Gasteiger partial charge in [0.05, 0.1) is 23.4 Å². The van der Waals surface area contributed by atoms with Crippen LogP contribution in [0.3, 0.4) is 0 Å². The summed E-state index contributed by atoms with van der Waals surface area (Å²) < 4.78 is 28.8. The monoisotopic (exact) mass is 399 g/mol. The molecule has 3 aromatic rings. The Morgan fingerprint density at radius 3 is 2.66 bits per heavy atom. The van der Waals surface area contributed by atoms with E-state index in [1.807, 2.05) is 23.8 Å². The molecule has 0 saturated heterocycles. The van der Waals surface area contributed by atoms with Crippen molar-refractivity contribution in [3.63, 3.8) is 0 Å². The maximum absolute atomic E-state index is 13.5. The number of alkyl halides is 2. The van der Waals surface area contributed by atoms with Crippen LogP contribution in [-0.2, 0) is 6.42 Å². The lowest BCUT2D eigenvalue weighted by atomic mass is 10.1. The van der Waals surface area contributed by atoms with E-state index >= 15 is 0 Å². The van der Waals surface area contributed by atoms with Gasteiger partial charge < -0.3 is 14.6 Å². The van der Waals surface area contributed by atoms with Gasteiger partial charge in [0.1, 0.15) is 5.75 Å². The summed E-state index contributed by atoms with van der Waals surface area (Å²) in [5.74, 6) is -1.98. The zero-order chi connectivity index (χ0) is 20.6. The van der Waals surface area contributed by atoms with Gasteiger partial charge in [0.25, 0.3) is 0 Å². The van der Waals surface area contributed by atoms with Gasteiger partial charge in [-0.15, -0.1) is 10.2 Å². The smallest absolute Gasteiger partial charge is 0.250 e. The van der Waals surface area contributed by atoms with Gasteiger partial charge in [0.15, 0.2) is 5.82 Å². The molecule has 0 bridgehead atoms. The summed E-state index contributed by atoms with van der Waals surface area (Å²) in [5.41, 5.74) is 2.84. The lowest BCUT2D eigenvalue weighted by Gasteiger charge is -2.25. The molecule has 4 rings (SSSR count). The predicted molar refractivity (Wildman–Crippen MR) is 107 cm³/mol. The molecule has 0 amide bonds. The number of phenols is 1. The SMILES string of the molecule is CCc1cn(-c2ccc(-c3ccc(N(C)[C@@H]4CCC(F)(F)C4)nn3)c(O)c2)cn1. The third-order valence-corrected chi connectivity index (χ3v) is 5.49. The Bertz CT molecular complexity index is 1000. The first-order valence-electron chi connectivity index (χ1n) is 9.67. The Morgan fingerprint density at radius 1 is 1.24 bits per heavy atom. The lowest BCUT2D eigenvalue weighted by Crippen LogP contribution is -2.31. The quantitative estimate of drug-likeness (QED) is 0.696. The minimum atomic E-state index is -2.60. The first kappa shape index (κ1) is 19.3. The van der Waals surface area contributed by atoms with Crippen LogP contribution < -0.4 is 4.90 Å². The average molecular weight is 399 g/mol. The standard InChI is InChI=1S/C21H23F2N5O/c1-3-14-12-28(13-24-14)15-4-5-17(19(29)10-15)18-6-7-20(26-25-18)27(2)16-8-9-21(22,23)11-16/h4-7,10,12-13,16,29H,3,8-9,11H2,1-2H3/t16-/m1/s1. The van der Waals surface area contributed by atoms with Crippen LogP contribution in [0.5, 0.6) is 5.75 Å². The molecule has 0 radical (unpaired) electrons. The number of halogens is 2. The Kier molecular flexibility index (Phi) is 4.94. The topological polar surface area (TPSA) is 67.1 Å². The number of aromatic hydroxyl groups is 1. The molecule has 152 valence electrons. The number of phenolic OH excluding ortho intramolecular Hbond substituents is 1. The second kappa shape index (κ2) is 7.42. The molecule has 1 N–H and O–H groups in total. The average Bonchev–Trinajstić information content (AvgIpc) is 3.34. The fraction of sp³-hybridized carbons (Fsp3) is 0.381. The van der Waals surface area contributed by atoms with E-state index in [4.69, 9.17) is 0 Å². The highest BCUT2D eigenvalue weighted by Crippen LogP contribution is 2.38. The highest BCUT2D eigenvalue weighted by Gasteiger charge is 2.41. The Balaban J connectivity index is 1.53. The van der Waals surface area contributed by atoms with Crippen molar-refractivity contribution < 1.29 is 13.9 Å². The molecule has 0 aliphatic heterocycles. The van der Waals surface area contributed by atoms with Gasteiger partial charge in [-0.3, -0.25) is 0 Å². The summed E-state index contributed by atoms with van der Waals surface area (Å²) in [4.78, 5) is 6.05. The first-order chi connectivity index (χ1) is 13.9. The Hall–Kier alpha value is -3.03. The van der Waals surface area contributed by atoms with Crippen molar-refractivity contribution in [3.05, 3.63) is 48.5 Å². The van der Waals surface area contributed by atoms with E-state index in [2.05, 4.69) is 15.2 Å². The number of aromatic nitrogens is 4. The summed E-state index contributed by atoms with van der Waals surface area (Å²) in [6.07, 6.45) is 4.65. The van der Waals surface area contributed by atoms with Crippen LogP contribution in [0.4, 0.5) is 14.6 Å². The maximum atomic E-state index is 13.5. The molecule has 1 saturated carbocycles. The van der Waals surface area contributed by atoms with Crippen LogP contribution in [0.2, 0.25) is 0 Å². The Morgan fingerprint density at radius 2 is 2.07 bits per heavy atom. The zero-order valence-corrected chi connectivity index (χ0v) is 16.4. The summed E-state index contributed by atoms with van der Waals surface area (Å²) in [7, 11) is 1.76. The fourth-order valence-electron chi connectivity index (χ4n) is 3.69. The third-order valence-electron chi connectivity index (χ3n) is 5.49. The van der Waals surface area contributed by atoms with Crippen LogP contribution in [0.25, 0.3) is 16.9 Å². The van der Waals surface area contributed by atoms with Crippen molar-refractivity contribution in [2.75, 3.05) is 11.9 Å². The van der Waals surface area contributed by atoms with Crippen LogP contribution in [0.1, 0.15) is 31.9 Å². The van der Waals surface area contributed by atoms with E-state index in [9.17, 15) is 13.9 Å². The van der Waals surface area contributed by atoms with E-state index in [1.165, 1.54) is 0 Å².